The minimum atomic E-state index is -0.192. The molecular weight excluding hydrogens is 342 g/mol. The Morgan fingerprint density at radius 1 is 1.21 bits per heavy atom. The first-order valence-electron chi connectivity index (χ1n) is 11.6. The number of nitrogens with one attached hydrogen (secondary N) is 1. The molecule has 1 aliphatic carbocycles. The van der Waals surface area contributed by atoms with Gasteiger partial charge in [-0.25, -0.2) is 0 Å². The van der Waals surface area contributed by atoms with Crippen LogP contribution in [0.5, 0.6) is 5.75 Å². The minimum Gasteiger partial charge on any atom is -0.483 e. The fraction of sp³-hybridized carbons (Fsp3) is 0.692. The summed E-state index contributed by atoms with van der Waals surface area (Å²) in [6.07, 6.45) is 8.90. The normalized spacial score (nSPS) is 22.8. The number of unbranched alkanes of at least 4 members (excludes halogenated alkanes) is 2. The van der Waals surface area contributed by atoms with E-state index in [9.17, 15) is 0 Å². The summed E-state index contributed by atoms with van der Waals surface area (Å²) in [6, 6.07) is 4.74. The molecule has 1 aromatic rings. The molecular formula is C26H41NO. The third kappa shape index (κ3) is 4.11. The van der Waals surface area contributed by atoms with Gasteiger partial charge in [-0.2, -0.15) is 0 Å². The highest BCUT2D eigenvalue weighted by atomic mass is 16.5. The van der Waals surface area contributed by atoms with Gasteiger partial charge in [0.25, 0.3) is 0 Å². The summed E-state index contributed by atoms with van der Waals surface area (Å²) in [6.45, 7) is 14.0. The van der Waals surface area contributed by atoms with E-state index in [1.165, 1.54) is 67.3 Å². The Morgan fingerprint density at radius 2 is 1.96 bits per heavy atom. The number of rotatable bonds is 7. The van der Waals surface area contributed by atoms with Crippen LogP contribution in [0.3, 0.4) is 0 Å². The van der Waals surface area contributed by atoms with Crippen LogP contribution >= 0.6 is 0 Å². The number of ether oxygens (including phenoxy) is 1. The lowest BCUT2D eigenvalue weighted by Gasteiger charge is -2.42. The van der Waals surface area contributed by atoms with Gasteiger partial charge in [-0.05, 0) is 79.7 Å². The first kappa shape index (κ1) is 21.3. The lowest BCUT2D eigenvalue weighted by atomic mass is 9.73. The molecule has 0 fully saturated rings. The molecule has 2 heteroatoms. The van der Waals surface area contributed by atoms with Crippen LogP contribution in [0, 0.1) is 11.8 Å². The van der Waals surface area contributed by atoms with Crippen molar-refractivity contribution in [1.29, 1.82) is 0 Å². The molecule has 0 spiro atoms. The maximum Gasteiger partial charge on any atom is 0.130 e. The molecule has 0 saturated carbocycles. The Hall–Kier alpha value is -1.44. The Bertz CT molecular complexity index is 730. The molecule has 1 heterocycles. The smallest absolute Gasteiger partial charge is 0.130 e. The maximum atomic E-state index is 6.64. The Kier molecular flexibility index (Phi) is 6.47. The molecule has 3 atom stereocenters. The fourth-order valence-electron chi connectivity index (χ4n) is 5.15. The van der Waals surface area contributed by atoms with Gasteiger partial charge < -0.3 is 10.1 Å². The largest absolute Gasteiger partial charge is 0.483 e. The molecule has 2 nitrogen and oxygen atoms in total. The number of fused-ring (bicyclic) bond motifs is 2. The van der Waals surface area contributed by atoms with Gasteiger partial charge in [0.15, 0.2) is 0 Å². The first-order valence-corrected chi connectivity index (χ1v) is 11.6. The zero-order chi connectivity index (χ0) is 20.5. The zero-order valence-corrected chi connectivity index (χ0v) is 19.2. The van der Waals surface area contributed by atoms with Gasteiger partial charge in [0, 0.05) is 18.3 Å². The van der Waals surface area contributed by atoms with E-state index in [0.717, 1.165) is 11.7 Å². The second-order valence-electron chi connectivity index (χ2n) is 9.87. The lowest BCUT2D eigenvalue weighted by molar-refractivity contribution is 0.135. The van der Waals surface area contributed by atoms with Gasteiger partial charge in [0.2, 0.25) is 0 Å². The molecule has 0 radical (unpaired) electrons. The molecule has 156 valence electrons. The van der Waals surface area contributed by atoms with Crippen molar-refractivity contribution in [3.63, 3.8) is 0 Å². The Balaban J connectivity index is 1.99. The summed E-state index contributed by atoms with van der Waals surface area (Å²) >= 11 is 0. The van der Waals surface area contributed by atoms with Gasteiger partial charge in [0.05, 0.1) is 0 Å². The van der Waals surface area contributed by atoms with Crippen LogP contribution in [0.1, 0.15) is 104 Å². The summed E-state index contributed by atoms with van der Waals surface area (Å²) in [5.74, 6) is 3.08. The Morgan fingerprint density at radius 3 is 2.64 bits per heavy atom. The molecule has 0 bridgehead atoms. The number of anilines is 1. The minimum absolute atomic E-state index is 0.192. The SMILES string of the molecule is CCCCCC(C)C(C)c1cc(NC)c2c(c1)OC(C)(C)C1=C2CC(C)CC1. The van der Waals surface area contributed by atoms with Crippen molar-refractivity contribution in [2.24, 2.45) is 11.8 Å². The van der Waals surface area contributed by atoms with Crippen molar-refractivity contribution < 1.29 is 4.74 Å². The van der Waals surface area contributed by atoms with Gasteiger partial charge in [-0.1, -0.05) is 53.4 Å². The first-order chi connectivity index (χ1) is 13.3. The number of benzene rings is 1. The topological polar surface area (TPSA) is 21.3 Å². The van der Waals surface area contributed by atoms with Crippen LogP contribution in [0.15, 0.2) is 17.7 Å². The van der Waals surface area contributed by atoms with Crippen LogP contribution < -0.4 is 10.1 Å². The Labute approximate surface area is 173 Å². The third-order valence-electron chi connectivity index (χ3n) is 7.23. The van der Waals surface area contributed by atoms with Crippen LogP contribution in [0.4, 0.5) is 5.69 Å². The highest BCUT2D eigenvalue weighted by molar-refractivity contribution is 5.85. The van der Waals surface area contributed by atoms with Gasteiger partial charge in [-0.15, -0.1) is 0 Å². The molecule has 1 N–H and O–H groups in total. The highest BCUT2D eigenvalue weighted by Crippen LogP contribution is 2.51. The molecule has 1 aromatic carbocycles. The fourth-order valence-corrected chi connectivity index (χ4v) is 5.15. The van der Waals surface area contributed by atoms with E-state index >= 15 is 0 Å². The quantitative estimate of drug-likeness (QED) is 0.485. The standard InChI is InChI=1S/C26H41NO/c1-8-9-10-11-18(3)19(4)20-15-23(27-7)25-21-14-17(2)12-13-22(21)26(5,6)28-24(25)16-20/h15-19,27H,8-14H2,1-7H3. The summed E-state index contributed by atoms with van der Waals surface area (Å²) in [5, 5.41) is 3.50. The molecule has 1 aliphatic heterocycles. The predicted octanol–water partition coefficient (Wildman–Crippen LogP) is 7.79. The zero-order valence-electron chi connectivity index (χ0n) is 19.2. The van der Waals surface area contributed by atoms with Gasteiger partial charge in [-0.3, -0.25) is 0 Å². The van der Waals surface area contributed by atoms with Crippen molar-refractivity contribution in [2.45, 2.75) is 98.0 Å². The second kappa shape index (κ2) is 8.51. The number of hydrogen-bond donors (Lipinski definition) is 1. The molecule has 0 aromatic heterocycles. The number of allylic oxidation sites excluding steroid dienone is 1. The summed E-state index contributed by atoms with van der Waals surface area (Å²) in [5.41, 5.74) is 6.86. The van der Waals surface area contributed by atoms with Gasteiger partial charge in [0.1, 0.15) is 11.4 Å². The summed E-state index contributed by atoms with van der Waals surface area (Å²) < 4.78 is 6.64. The molecule has 0 saturated heterocycles. The summed E-state index contributed by atoms with van der Waals surface area (Å²) in [7, 11) is 2.06. The molecule has 3 unspecified atom stereocenters. The second-order valence-corrected chi connectivity index (χ2v) is 9.87. The molecule has 28 heavy (non-hydrogen) atoms. The van der Waals surface area contributed by atoms with E-state index in [0.29, 0.717) is 11.8 Å². The van der Waals surface area contributed by atoms with Crippen molar-refractivity contribution in [3.05, 3.63) is 28.8 Å². The van der Waals surface area contributed by atoms with Crippen molar-refractivity contribution in [1.82, 2.24) is 0 Å². The van der Waals surface area contributed by atoms with Crippen LogP contribution in [0.25, 0.3) is 5.57 Å². The van der Waals surface area contributed by atoms with E-state index in [4.69, 9.17) is 4.74 Å². The third-order valence-corrected chi connectivity index (χ3v) is 7.23. The van der Waals surface area contributed by atoms with Crippen LogP contribution in [-0.4, -0.2) is 12.6 Å². The molecule has 3 rings (SSSR count). The monoisotopic (exact) mass is 383 g/mol. The van der Waals surface area contributed by atoms with Gasteiger partial charge >= 0.3 is 0 Å². The van der Waals surface area contributed by atoms with E-state index in [1.807, 2.05) is 0 Å². The molecule has 0 amide bonds. The van der Waals surface area contributed by atoms with Crippen molar-refractivity contribution >= 4 is 11.3 Å². The van der Waals surface area contributed by atoms with Crippen LogP contribution in [-0.2, 0) is 0 Å². The van der Waals surface area contributed by atoms with Crippen molar-refractivity contribution in [3.8, 4) is 5.75 Å². The highest BCUT2D eigenvalue weighted by Gasteiger charge is 2.38. The average Bonchev–Trinajstić information content (AvgIpc) is 2.65. The predicted molar refractivity (Wildman–Crippen MR) is 122 cm³/mol. The van der Waals surface area contributed by atoms with E-state index in [1.54, 1.807) is 5.57 Å². The maximum absolute atomic E-state index is 6.64. The van der Waals surface area contributed by atoms with E-state index < -0.39 is 0 Å². The number of hydrogen-bond acceptors (Lipinski definition) is 2. The van der Waals surface area contributed by atoms with Crippen LogP contribution in [0.2, 0.25) is 0 Å². The molecule has 2 aliphatic rings. The average molecular weight is 384 g/mol. The van der Waals surface area contributed by atoms with Crippen molar-refractivity contribution in [2.75, 3.05) is 12.4 Å². The summed E-state index contributed by atoms with van der Waals surface area (Å²) in [4.78, 5) is 0. The van der Waals surface area contributed by atoms with E-state index in [2.05, 4.69) is 66.0 Å². The lowest BCUT2D eigenvalue weighted by Crippen LogP contribution is -2.37. The van der Waals surface area contributed by atoms with E-state index in [-0.39, 0.29) is 5.60 Å².